The quantitative estimate of drug-likeness (QED) is 0.454. The van der Waals surface area contributed by atoms with Crippen LogP contribution in [0.25, 0.3) is 0 Å². The Bertz CT molecular complexity index is 628. The number of amides is 1. The zero-order valence-electron chi connectivity index (χ0n) is 15.8. The van der Waals surface area contributed by atoms with E-state index in [1.54, 1.807) is 18.2 Å². The van der Waals surface area contributed by atoms with Crippen molar-refractivity contribution in [1.29, 1.82) is 0 Å². The van der Waals surface area contributed by atoms with Crippen LogP contribution in [0, 0.1) is 11.3 Å². The first-order valence-corrected chi connectivity index (χ1v) is 10.9. The molecule has 1 aromatic carbocycles. The molecule has 1 amide bonds. The molecule has 1 aromatic rings. The Labute approximate surface area is 171 Å². The molecule has 150 valence electrons. The van der Waals surface area contributed by atoms with Gasteiger partial charge in [0.05, 0.1) is 23.8 Å². The maximum atomic E-state index is 12.7. The number of nitrogens with one attached hydrogen (secondary N) is 1. The lowest BCUT2D eigenvalue weighted by Crippen LogP contribution is -2.43. The number of ether oxygens (including phenoxy) is 2. The van der Waals surface area contributed by atoms with Crippen LogP contribution in [0.1, 0.15) is 55.3 Å². The molecular formula is C21H29Cl2NO3. The van der Waals surface area contributed by atoms with Crippen molar-refractivity contribution >= 4 is 29.1 Å². The largest absolute Gasteiger partial charge is 0.491 e. The summed E-state index contributed by atoms with van der Waals surface area (Å²) >= 11 is 11.8. The minimum absolute atomic E-state index is 0.120. The molecule has 0 spiro atoms. The van der Waals surface area contributed by atoms with E-state index in [0.717, 1.165) is 12.5 Å². The number of hydrogen-bond donors (Lipinski definition) is 1. The lowest BCUT2D eigenvalue weighted by molar-refractivity contribution is 0.0681. The average molecular weight is 414 g/mol. The van der Waals surface area contributed by atoms with E-state index >= 15 is 0 Å². The van der Waals surface area contributed by atoms with Gasteiger partial charge < -0.3 is 14.8 Å². The van der Waals surface area contributed by atoms with Crippen molar-refractivity contribution in [3.63, 3.8) is 0 Å². The monoisotopic (exact) mass is 413 g/mol. The van der Waals surface area contributed by atoms with Crippen LogP contribution in [0.2, 0.25) is 5.02 Å². The van der Waals surface area contributed by atoms with E-state index in [-0.39, 0.29) is 11.3 Å². The highest BCUT2D eigenvalue weighted by Gasteiger charge is 2.39. The van der Waals surface area contributed by atoms with Crippen LogP contribution in [-0.4, -0.2) is 38.2 Å². The Kier molecular flexibility index (Phi) is 7.68. The number of halogens is 2. The fourth-order valence-corrected chi connectivity index (χ4v) is 4.89. The maximum absolute atomic E-state index is 12.7. The van der Waals surface area contributed by atoms with E-state index in [9.17, 15) is 4.79 Å². The fraction of sp³-hybridized carbons (Fsp3) is 0.667. The molecule has 2 aliphatic carbocycles. The second kappa shape index (κ2) is 9.99. The van der Waals surface area contributed by atoms with Gasteiger partial charge in [-0.2, -0.15) is 0 Å². The summed E-state index contributed by atoms with van der Waals surface area (Å²) in [6.45, 7) is 2.11. The van der Waals surface area contributed by atoms with Gasteiger partial charge >= 0.3 is 0 Å². The first-order chi connectivity index (χ1) is 13.1. The number of carbonyl (C=O) groups is 1. The molecule has 2 aliphatic rings. The SMILES string of the molecule is O=C(NCC12CCCC(CCC1)C2)c1cc(OCCOCCCl)ccc1Cl. The molecule has 0 aliphatic heterocycles. The molecule has 6 heteroatoms. The third-order valence-corrected chi connectivity index (χ3v) is 6.37. The van der Waals surface area contributed by atoms with Crippen molar-refractivity contribution in [2.75, 3.05) is 32.2 Å². The van der Waals surface area contributed by atoms with E-state index < -0.39 is 0 Å². The second-order valence-electron chi connectivity index (χ2n) is 7.83. The lowest BCUT2D eigenvalue weighted by Gasteiger charge is -2.45. The molecule has 27 heavy (non-hydrogen) atoms. The number of benzene rings is 1. The van der Waals surface area contributed by atoms with Crippen molar-refractivity contribution in [3.05, 3.63) is 28.8 Å². The summed E-state index contributed by atoms with van der Waals surface area (Å²) in [5.41, 5.74) is 0.757. The normalized spacial score (nSPS) is 24.4. The van der Waals surface area contributed by atoms with Crippen LogP contribution in [0.5, 0.6) is 5.75 Å². The molecule has 0 radical (unpaired) electrons. The van der Waals surface area contributed by atoms with Gasteiger partial charge in [0, 0.05) is 12.4 Å². The van der Waals surface area contributed by atoms with Crippen molar-refractivity contribution in [1.82, 2.24) is 5.32 Å². The zero-order valence-corrected chi connectivity index (χ0v) is 17.3. The van der Waals surface area contributed by atoms with Crippen LogP contribution in [-0.2, 0) is 4.74 Å². The van der Waals surface area contributed by atoms with Crippen LogP contribution in [0.15, 0.2) is 18.2 Å². The molecule has 3 rings (SSSR count). The Hall–Kier alpha value is -0.970. The highest BCUT2D eigenvalue weighted by atomic mass is 35.5. The van der Waals surface area contributed by atoms with Gasteiger partial charge in [0.2, 0.25) is 0 Å². The molecule has 4 nitrogen and oxygen atoms in total. The maximum Gasteiger partial charge on any atom is 0.252 e. The number of fused-ring (bicyclic) bond motifs is 2. The number of carbonyl (C=O) groups excluding carboxylic acids is 1. The number of hydrogen-bond acceptors (Lipinski definition) is 3. The van der Waals surface area contributed by atoms with Crippen LogP contribution in [0.3, 0.4) is 0 Å². The summed E-state index contributed by atoms with van der Waals surface area (Å²) in [6.07, 6.45) is 9.00. The molecule has 2 bridgehead atoms. The molecule has 0 unspecified atom stereocenters. The smallest absolute Gasteiger partial charge is 0.252 e. The van der Waals surface area contributed by atoms with Gasteiger partial charge in [0.15, 0.2) is 0 Å². The summed E-state index contributed by atoms with van der Waals surface area (Å²) in [4.78, 5) is 12.7. The molecule has 1 N–H and O–H groups in total. The summed E-state index contributed by atoms with van der Waals surface area (Å²) < 4.78 is 10.9. The van der Waals surface area contributed by atoms with Gasteiger partial charge in [-0.3, -0.25) is 4.79 Å². The Morgan fingerprint density at radius 1 is 1.19 bits per heavy atom. The summed E-state index contributed by atoms with van der Waals surface area (Å²) in [5.74, 6) is 1.82. The van der Waals surface area contributed by atoms with Crippen LogP contribution < -0.4 is 10.1 Å². The van der Waals surface area contributed by atoms with E-state index in [1.807, 2.05) is 0 Å². The molecule has 2 saturated carbocycles. The molecule has 2 fully saturated rings. The molecule has 0 heterocycles. The first kappa shape index (κ1) is 20.8. The number of alkyl halides is 1. The van der Waals surface area contributed by atoms with Crippen molar-refractivity contribution in [3.8, 4) is 5.75 Å². The number of rotatable bonds is 9. The fourth-order valence-electron chi connectivity index (χ4n) is 4.58. The molecular weight excluding hydrogens is 385 g/mol. The standard InChI is InChI=1S/C21H29Cl2NO3/c22-9-10-26-11-12-27-17-5-6-19(23)18(13-17)20(25)24-15-21-7-1-3-16(14-21)4-2-8-21/h5-6,13,16H,1-4,7-12,14-15H2,(H,24,25). The molecule has 0 aromatic heterocycles. The van der Waals surface area contributed by atoms with Gasteiger partial charge in [-0.05, 0) is 48.8 Å². The average Bonchev–Trinajstić information content (AvgIpc) is 2.67. The third-order valence-electron chi connectivity index (χ3n) is 5.88. The van der Waals surface area contributed by atoms with Gasteiger partial charge in [0.1, 0.15) is 12.4 Å². The minimum Gasteiger partial charge on any atom is -0.491 e. The van der Waals surface area contributed by atoms with Gasteiger partial charge in [-0.1, -0.05) is 37.3 Å². The summed E-state index contributed by atoms with van der Waals surface area (Å²) in [7, 11) is 0. The Balaban J connectivity index is 1.55. The van der Waals surface area contributed by atoms with Gasteiger partial charge in [-0.15, -0.1) is 11.6 Å². The van der Waals surface area contributed by atoms with Crippen molar-refractivity contribution in [2.24, 2.45) is 11.3 Å². The summed E-state index contributed by atoms with van der Waals surface area (Å²) in [6, 6.07) is 5.19. The van der Waals surface area contributed by atoms with Crippen LogP contribution in [0.4, 0.5) is 0 Å². The van der Waals surface area contributed by atoms with Gasteiger partial charge in [0.25, 0.3) is 5.91 Å². The van der Waals surface area contributed by atoms with Gasteiger partial charge in [-0.25, -0.2) is 0 Å². The summed E-state index contributed by atoms with van der Waals surface area (Å²) in [5, 5.41) is 3.59. The van der Waals surface area contributed by atoms with E-state index in [2.05, 4.69) is 5.32 Å². The topological polar surface area (TPSA) is 47.6 Å². The van der Waals surface area contributed by atoms with E-state index in [0.29, 0.717) is 42.0 Å². The highest BCUT2D eigenvalue weighted by Crippen LogP contribution is 2.48. The first-order valence-electron chi connectivity index (χ1n) is 9.96. The highest BCUT2D eigenvalue weighted by molar-refractivity contribution is 6.33. The van der Waals surface area contributed by atoms with E-state index in [1.165, 1.54) is 44.9 Å². The Morgan fingerprint density at radius 2 is 1.96 bits per heavy atom. The van der Waals surface area contributed by atoms with Crippen molar-refractivity contribution in [2.45, 2.75) is 44.9 Å². The lowest BCUT2D eigenvalue weighted by atomic mass is 9.62. The molecule has 0 atom stereocenters. The predicted octanol–water partition coefficient (Wildman–Crippen LogP) is 5.06. The zero-order chi connectivity index (χ0) is 19.1. The second-order valence-corrected chi connectivity index (χ2v) is 8.61. The van der Waals surface area contributed by atoms with E-state index in [4.69, 9.17) is 32.7 Å². The third kappa shape index (κ3) is 5.75. The van der Waals surface area contributed by atoms with Crippen LogP contribution >= 0.6 is 23.2 Å². The Morgan fingerprint density at radius 3 is 2.70 bits per heavy atom. The predicted molar refractivity (Wildman–Crippen MR) is 109 cm³/mol. The minimum atomic E-state index is -0.120. The van der Waals surface area contributed by atoms with Crippen molar-refractivity contribution < 1.29 is 14.3 Å². The molecule has 0 saturated heterocycles.